The van der Waals surface area contributed by atoms with Crippen molar-refractivity contribution in [1.29, 1.82) is 0 Å². The van der Waals surface area contributed by atoms with E-state index in [1.807, 2.05) is 31.2 Å². The topological polar surface area (TPSA) is 84.8 Å². The number of thiazole rings is 1. The molecule has 0 aliphatic heterocycles. The third kappa shape index (κ3) is 9.16. The van der Waals surface area contributed by atoms with Gasteiger partial charge >= 0.3 is 6.18 Å². The number of halogens is 5. The quantitative estimate of drug-likeness (QED) is 0.0923. The van der Waals surface area contributed by atoms with Gasteiger partial charge in [0.05, 0.1) is 30.5 Å². The fraction of sp³-hybridized carbons (Fsp3) is 0.179. The highest BCUT2D eigenvalue weighted by atomic mass is 127. The molecule has 4 rings (SSSR count). The van der Waals surface area contributed by atoms with Gasteiger partial charge in [-0.2, -0.15) is 18.3 Å². The van der Waals surface area contributed by atoms with Crippen LogP contribution in [0.25, 0.3) is 0 Å². The van der Waals surface area contributed by atoms with Crippen LogP contribution >= 0.6 is 49.9 Å². The number of ether oxygens (including phenoxy) is 2. The normalized spacial score (nSPS) is 11.5. The van der Waals surface area contributed by atoms with Crippen LogP contribution in [0.4, 0.5) is 24.0 Å². The fourth-order valence-electron chi connectivity index (χ4n) is 3.49. The van der Waals surface area contributed by atoms with Crippen molar-refractivity contribution < 1.29 is 27.4 Å². The molecule has 7 nitrogen and oxygen atoms in total. The molecule has 4 aromatic rings. The standard InChI is InChI=1S/C28H23BrF3IN4O3S/c1-2-39-24-10-18(23(29)13-25(24)40-15-17-6-8-20(33)9-7-17)14-34-37-26(38)12-22-16-41-27(36-22)35-21-5-3-4-19(11-21)28(30,31)32/h3-11,13-14,16H,2,12,15H2,1H3,(H,35,36)(H,37,38)/b34-14-. The summed E-state index contributed by atoms with van der Waals surface area (Å²) in [5.41, 5.74) is 4.09. The lowest BCUT2D eigenvalue weighted by atomic mass is 10.2. The van der Waals surface area contributed by atoms with Crippen LogP contribution < -0.4 is 20.2 Å². The molecule has 0 bridgehead atoms. The molecule has 0 saturated heterocycles. The van der Waals surface area contributed by atoms with E-state index in [0.717, 1.165) is 21.3 Å². The number of nitrogens with zero attached hydrogens (tertiary/aromatic N) is 2. The van der Waals surface area contributed by atoms with Crippen LogP contribution in [0.3, 0.4) is 0 Å². The monoisotopic (exact) mass is 758 g/mol. The molecular formula is C28H23BrF3IN4O3S. The lowest BCUT2D eigenvalue weighted by molar-refractivity contribution is -0.137. The summed E-state index contributed by atoms with van der Waals surface area (Å²) >= 11 is 6.94. The molecule has 0 saturated carbocycles. The molecule has 3 aromatic carbocycles. The fourth-order valence-corrected chi connectivity index (χ4v) is 5.01. The largest absolute Gasteiger partial charge is 0.490 e. The highest BCUT2D eigenvalue weighted by Crippen LogP contribution is 2.34. The molecule has 13 heteroatoms. The highest BCUT2D eigenvalue weighted by Gasteiger charge is 2.30. The zero-order valence-electron chi connectivity index (χ0n) is 21.5. The van der Waals surface area contributed by atoms with E-state index in [0.29, 0.717) is 45.6 Å². The number of rotatable bonds is 11. The van der Waals surface area contributed by atoms with Gasteiger partial charge in [0.25, 0.3) is 0 Å². The van der Waals surface area contributed by atoms with Gasteiger partial charge in [-0.3, -0.25) is 4.79 Å². The van der Waals surface area contributed by atoms with Crippen molar-refractivity contribution in [2.24, 2.45) is 5.10 Å². The van der Waals surface area contributed by atoms with Crippen LogP contribution in [0.15, 0.2) is 75.6 Å². The number of hydrazone groups is 1. The first-order valence-electron chi connectivity index (χ1n) is 12.1. The zero-order chi connectivity index (χ0) is 29.4. The maximum atomic E-state index is 12.9. The third-order valence-electron chi connectivity index (χ3n) is 5.40. The number of amides is 1. The molecule has 0 radical (unpaired) electrons. The summed E-state index contributed by atoms with van der Waals surface area (Å²) in [6.07, 6.45) is -3.02. The predicted octanol–water partition coefficient (Wildman–Crippen LogP) is 7.94. The molecule has 0 aliphatic carbocycles. The minimum Gasteiger partial charge on any atom is -0.490 e. The van der Waals surface area contributed by atoms with Gasteiger partial charge in [0.15, 0.2) is 16.6 Å². The first-order valence-corrected chi connectivity index (χ1v) is 14.9. The maximum Gasteiger partial charge on any atom is 0.416 e. The molecule has 0 spiro atoms. The Morgan fingerprint density at radius 1 is 1.12 bits per heavy atom. The summed E-state index contributed by atoms with van der Waals surface area (Å²) < 4.78 is 52.4. The molecule has 0 atom stereocenters. The summed E-state index contributed by atoms with van der Waals surface area (Å²) in [5.74, 6) is 0.699. The van der Waals surface area contributed by atoms with Crippen molar-refractivity contribution in [3.05, 3.63) is 96.5 Å². The van der Waals surface area contributed by atoms with E-state index in [4.69, 9.17) is 9.47 Å². The van der Waals surface area contributed by atoms with Gasteiger partial charge in [-0.1, -0.05) is 18.2 Å². The van der Waals surface area contributed by atoms with Crippen LogP contribution in [-0.2, 0) is 24.0 Å². The third-order valence-corrected chi connectivity index (χ3v) is 7.61. The molecule has 0 unspecified atom stereocenters. The molecular weight excluding hydrogens is 736 g/mol. The first-order chi connectivity index (χ1) is 19.6. The minimum absolute atomic E-state index is 0.0607. The number of anilines is 2. The Kier molecular flexibility index (Phi) is 10.6. The summed E-state index contributed by atoms with van der Waals surface area (Å²) in [6, 6.07) is 16.4. The number of carbonyl (C=O) groups excluding carboxylic acids is 1. The SMILES string of the molecule is CCOc1cc(/C=N\NC(=O)Cc2csc(Nc3cccc(C(F)(F)F)c3)n2)c(Br)cc1OCc1ccc(I)cc1. The zero-order valence-corrected chi connectivity index (χ0v) is 26.0. The number of hydrogen-bond acceptors (Lipinski definition) is 7. The lowest BCUT2D eigenvalue weighted by Crippen LogP contribution is -2.20. The van der Waals surface area contributed by atoms with E-state index in [9.17, 15) is 18.0 Å². The molecule has 0 aliphatic rings. The second kappa shape index (κ2) is 14.1. The summed E-state index contributed by atoms with van der Waals surface area (Å²) in [6.45, 7) is 2.69. The van der Waals surface area contributed by atoms with Gasteiger partial charge < -0.3 is 14.8 Å². The van der Waals surface area contributed by atoms with Gasteiger partial charge in [0.2, 0.25) is 5.91 Å². The highest BCUT2D eigenvalue weighted by molar-refractivity contribution is 14.1. The van der Waals surface area contributed by atoms with E-state index < -0.39 is 17.6 Å². The maximum absolute atomic E-state index is 12.9. The van der Waals surface area contributed by atoms with Crippen LogP contribution in [0.5, 0.6) is 11.5 Å². The first kappa shape index (κ1) is 30.8. The van der Waals surface area contributed by atoms with Crippen molar-refractivity contribution >= 4 is 72.8 Å². The number of alkyl halides is 3. The second-order valence-corrected chi connectivity index (χ2v) is 11.4. The molecule has 1 heterocycles. The average molecular weight is 759 g/mol. The van der Waals surface area contributed by atoms with E-state index in [-0.39, 0.29) is 12.1 Å². The smallest absolute Gasteiger partial charge is 0.416 e. The van der Waals surface area contributed by atoms with Crippen molar-refractivity contribution in [2.45, 2.75) is 26.1 Å². The molecule has 1 amide bonds. The Labute approximate surface area is 260 Å². The average Bonchev–Trinajstić information content (AvgIpc) is 3.36. The molecule has 2 N–H and O–H groups in total. The molecule has 0 fully saturated rings. The number of carbonyl (C=O) groups is 1. The summed E-state index contributed by atoms with van der Waals surface area (Å²) in [7, 11) is 0. The minimum atomic E-state index is -4.44. The second-order valence-electron chi connectivity index (χ2n) is 8.49. The Morgan fingerprint density at radius 3 is 2.61 bits per heavy atom. The van der Waals surface area contributed by atoms with Crippen molar-refractivity contribution in [1.82, 2.24) is 10.4 Å². The van der Waals surface area contributed by atoms with Gasteiger partial charge in [0.1, 0.15) is 6.61 Å². The predicted molar refractivity (Wildman–Crippen MR) is 165 cm³/mol. The molecule has 41 heavy (non-hydrogen) atoms. The van der Waals surface area contributed by atoms with Crippen molar-refractivity contribution in [2.75, 3.05) is 11.9 Å². The van der Waals surface area contributed by atoms with Gasteiger partial charge in [-0.25, -0.2) is 10.4 Å². The Morgan fingerprint density at radius 2 is 1.88 bits per heavy atom. The van der Waals surface area contributed by atoms with Gasteiger partial charge in [-0.05, 0) is 93.5 Å². The van der Waals surface area contributed by atoms with Crippen LogP contribution in [0.1, 0.15) is 29.3 Å². The molecule has 1 aromatic heterocycles. The summed E-state index contributed by atoms with van der Waals surface area (Å²) in [5, 5.41) is 8.90. The molecule has 214 valence electrons. The number of hydrogen-bond donors (Lipinski definition) is 2. The van der Waals surface area contributed by atoms with Crippen molar-refractivity contribution in [3.8, 4) is 11.5 Å². The summed E-state index contributed by atoms with van der Waals surface area (Å²) in [4.78, 5) is 16.7. The Bertz CT molecular complexity index is 1530. The van der Waals surface area contributed by atoms with E-state index in [1.54, 1.807) is 17.5 Å². The van der Waals surface area contributed by atoms with Crippen LogP contribution in [0, 0.1) is 3.57 Å². The van der Waals surface area contributed by atoms with E-state index >= 15 is 0 Å². The lowest BCUT2D eigenvalue weighted by Gasteiger charge is -2.14. The Hall–Kier alpha value is -3.17. The van der Waals surface area contributed by atoms with Crippen LogP contribution in [-0.4, -0.2) is 23.7 Å². The van der Waals surface area contributed by atoms with Crippen molar-refractivity contribution in [3.63, 3.8) is 0 Å². The van der Waals surface area contributed by atoms with Gasteiger partial charge in [-0.15, -0.1) is 11.3 Å². The number of nitrogens with one attached hydrogen (secondary N) is 2. The number of benzene rings is 3. The van der Waals surface area contributed by atoms with Gasteiger partial charge in [0, 0.05) is 24.7 Å². The van der Waals surface area contributed by atoms with Crippen LogP contribution in [0.2, 0.25) is 0 Å². The Balaban J connectivity index is 1.34. The van der Waals surface area contributed by atoms with E-state index in [1.165, 1.54) is 29.7 Å². The number of aromatic nitrogens is 1. The van der Waals surface area contributed by atoms with E-state index in [2.05, 4.69) is 59.3 Å².